The van der Waals surface area contributed by atoms with Crippen molar-refractivity contribution in [2.45, 2.75) is 26.9 Å². The van der Waals surface area contributed by atoms with Gasteiger partial charge in [0.15, 0.2) is 0 Å². The number of methoxy groups -OCH3 is 1. The first kappa shape index (κ1) is 21.7. The lowest BCUT2D eigenvalue weighted by atomic mass is 10.1. The minimum absolute atomic E-state index is 0.269. The third kappa shape index (κ3) is 4.95. The van der Waals surface area contributed by atoms with E-state index in [0.29, 0.717) is 28.6 Å². The van der Waals surface area contributed by atoms with E-state index in [1.807, 2.05) is 18.2 Å². The molecule has 0 radical (unpaired) electrons. The molecular weight excluding hydrogens is 404 g/mol. The number of benzene rings is 2. The van der Waals surface area contributed by atoms with Gasteiger partial charge in [0.05, 0.1) is 23.4 Å². The number of nitrogens with one attached hydrogen (secondary N) is 1. The molecule has 0 spiro atoms. The summed E-state index contributed by atoms with van der Waals surface area (Å²) in [5.41, 5.74) is 3.15. The maximum atomic E-state index is 12.9. The number of carbonyl (C=O) groups is 1. The van der Waals surface area contributed by atoms with Gasteiger partial charge in [-0.1, -0.05) is 49.7 Å². The Kier molecular flexibility index (Phi) is 7.37. The van der Waals surface area contributed by atoms with Crippen LogP contribution in [0.15, 0.2) is 42.7 Å². The second kappa shape index (κ2) is 10.2. The average Bonchev–Trinajstić information content (AvgIpc) is 3.30. The molecule has 30 heavy (non-hydrogen) atoms. The molecule has 1 aromatic heterocycles. The zero-order valence-corrected chi connectivity index (χ0v) is 18.1. The Morgan fingerprint density at radius 1 is 1.20 bits per heavy atom. The van der Waals surface area contributed by atoms with Crippen molar-refractivity contribution < 1.29 is 9.53 Å². The van der Waals surface area contributed by atoms with Gasteiger partial charge in [-0.3, -0.25) is 9.69 Å². The van der Waals surface area contributed by atoms with E-state index in [9.17, 15) is 4.79 Å². The number of ether oxygens (including phenoxy) is 1. The molecule has 158 valence electrons. The third-order valence-corrected chi connectivity index (χ3v) is 5.26. The standard InChI is InChI=1S/C21H25ClN6O2/c1-4-27(5-2)13-16-9-7-6-8-15(16)12-23-21(29)17-10-18(22)19(11-20(17)30-3)28-14-24-25-26-28/h6-11,14H,4-5,12-13H2,1-3H3,(H,23,29). The predicted octanol–water partition coefficient (Wildman–Crippen LogP) is 3.10. The van der Waals surface area contributed by atoms with E-state index in [0.717, 1.165) is 25.2 Å². The summed E-state index contributed by atoms with van der Waals surface area (Å²) in [6.45, 7) is 7.48. The van der Waals surface area contributed by atoms with Crippen LogP contribution < -0.4 is 10.1 Å². The summed E-state index contributed by atoms with van der Waals surface area (Å²) in [5, 5.41) is 14.4. The highest BCUT2D eigenvalue weighted by molar-refractivity contribution is 6.33. The summed E-state index contributed by atoms with van der Waals surface area (Å²) in [6, 6.07) is 11.3. The predicted molar refractivity (Wildman–Crippen MR) is 115 cm³/mol. The number of rotatable bonds is 9. The van der Waals surface area contributed by atoms with E-state index in [4.69, 9.17) is 16.3 Å². The van der Waals surface area contributed by atoms with E-state index >= 15 is 0 Å². The first-order valence-corrected chi connectivity index (χ1v) is 10.1. The van der Waals surface area contributed by atoms with Crippen molar-refractivity contribution in [3.63, 3.8) is 0 Å². The Morgan fingerprint density at radius 2 is 1.93 bits per heavy atom. The Labute approximate surface area is 180 Å². The zero-order valence-electron chi connectivity index (χ0n) is 17.3. The van der Waals surface area contributed by atoms with Crippen molar-refractivity contribution in [2.24, 2.45) is 0 Å². The van der Waals surface area contributed by atoms with E-state index in [1.165, 1.54) is 23.7 Å². The SMILES string of the molecule is CCN(CC)Cc1ccccc1CNC(=O)c1cc(Cl)c(-n2cnnn2)cc1OC. The Morgan fingerprint density at radius 3 is 2.57 bits per heavy atom. The van der Waals surface area contributed by atoms with Crippen molar-refractivity contribution in [1.82, 2.24) is 30.4 Å². The number of tetrazole rings is 1. The van der Waals surface area contributed by atoms with Gasteiger partial charge in [0, 0.05) is 19.2 Å². The quantitative estimate of drug-likeness (QED) is 0.563. The molecule has 0 atom stereocenters. The van der Waals surface area contributed by atoms with Crippen molar-refractivity contribution in [2.75, 3.05) is 20.2 Å². The molecule has 0 bridgehead atoms. The number of halogens is 1. The summed E-state index contributed by atoms with van der Waals surface area (Å²) in [7, 11) is 1.50. The van der Waals surface area contributed by atoms with Gasteiger partial charge in [0.25, 0.3) is 5.91 Å². The lowest BCUT2D eigenvalue weighted by molar-refractivity contribution is 0.0947. The van der Waals surface area contributed by atoms with Crippen molar-refractivity contribution in [3.05, 3.63) is 64.4 Å². The minimum Gasteiger partial charge on any atom is -0.496 e. The van der Waals surface area contributed by atoms with Gasteiger partial charge in [0.1, 0.15) is 12.1 Å². The number of hydrogen-bond donors (Lipinski definition) is 1. The van der Waals surface area contributed by atoms with Crippen LogP contribution >= 0.6 is 11.6 Å². The van der Waals surface area contributed by atoms with Crippen LogP contribution in [0.25, 0.3) is 5.69 Å². The number of amides is 1. The van der Waals surface area contributed by atoms with E-state index < -0.39 is 0 Å². The lowest BCUT2D eigenvalue weighted by Gasteiger charge is -2.20. The van der Waals surface area contributed by atoms with Gasteiger partial charge in [0.2, 0.25) is 0 Å². The van der Waals surface area contributed by atoms with Crippen LogP contribution in [-0.2, 0) is 13.1 Å². The number of hydrogen-bond acceptors (Lipinski definition) is 6. The van der Waals surface area contributed by atoms with Crippen LogP contribution in [0.4, 0.5) is 0 Å². The van der Waals surface area contributed by atoms with Gasteiger partial charge in [-0.15, -0.1) is 5.10 Å². The van der Waals surface area contributed by atoms with Crippen LogP contribution in [0.2, 0.25) is 5.02 Å². The minimum atomic E-state index is -0.269. The zero-order chi connectivity index (χ0) is 21.5. The molecular formula is C21H25ClN6O2. The summed E-state index contributed by atoms with van der Waals surface area (Å²) < 4.78 is 6.82. The molecule has 0 aliphatic rings. The number of aromatic nitrogens is 4. The van der Waals surface area contributed by atoms with E-state index in [2.05, 4.69) is 45.7 Å². The fourth-order valence-corrected chi connectivity index (χ4v) is 3.43. The topological polar surface area (TPSA) is 85.2 Å². The Bertz CT molecular complexity index is 989. The smallest absolute Gasteiger partial charge is 0.255 e. The van der Waals surface area contributed by atoms with E-state index in [1.54, 1.807) is 12.1 Å². The van der Waals surface area contributed by atoms with Gasteiger partial charge < -0.3 is 10.1 Å². The molecule has 0 aliphatic carbocycles. The molecule has 0 fully saturated rings. The summed E-state index contributed by atoms with van der Waals surface area (Å²) in [4.78, 5) is 15.2. The Hall–Kier alpha value is -2.97. The van der Waals surface area contributed by atoms with Crippen LogP contribution in [0.1, 0.15) is 35.3 Å². The molecule has 1 N–H and O–H groups in total. The van der Waals surface area contributed by atoms with Gasteiger partial charge >= 0.3 is 0 Å². The third-order valence-electron chi connectivity index (χ3n) is 4.96. The van der Waals surface area contributed by atoms with E-state index in [-0.39, 0.29) is 5.91 Å². The molecule has 0 unspecified atom stereocenters. The van der Waals surface area contributed by atoms with Crippen molar-refractivity contribution in [3.8, 4) is 11.4 Å². The maximum Gasteiger partial charge on any atom is 0.255 e. The molecule has 0 saturated heterocycles. The fourth-order valence-electron chi connectivity index (χ4n) is 3.18. The molecule has 0 aliphatic heterocycles. The molecule has 9 heteroatoms. The molecule has 3 aromatic rings. The molecule has 8 nitrogen and oxygen atoms in total. The summed E-state index contributed by atoms with van der Waals surface area (Å²) >= 11 is 6.37. The van der Waals surface area contributed by atoms with Crippen LogP contribution in [0.5, 0.6) is 5.75 Å². The van der Waals surface area contributed by atoms with Gasteiger partial charge in [-0.05, 0) is 40.7 Å². The highest BCUT2D eigenvalue weighted by Crippen LogP contribution is 2.29. The molecule has 1 amide bonds. The highest BCUT2D eigenvalue weighted by Gasteiger charge is 2.18. The molecule has 0 saturated carbocycles. The van der Waals surface area contributed by atoms with Gasteiger partial charge in [-0.25, -0.2) is 0 Å². The second-order valence-electron chi connectivity index (χ2n) is 6.67. The molecule has 1 heterocycles. The first-order chi connectivity index (χ1) is 14.6. The van der Waals surface area contributed by atoms with Crippen LogP contribution in [-0.4, -0.2) is 51.2 Å². The lowest BCUT2D eigenvalue weighted by Crippen LogP contribution is -2.26. The highest BCUT2D eigenvalue weighted by atomic mass is 35.5. The maximum absolute atomic E-state index is 12.9. The van der Waals surface area contributed by atoms with Crippen LogP contribution in [0, 0.1) is 0 Å². The monoisotopic (exact) mass is 428 g/mol. The van der Waals surface area contributed by atoms with Crippen molar-refractivity contribution >= 4 is 17.5 Å². The molecule has 3 rings (SSSR count). The van der Waals surface area contributed by atoms with Gasteiger partial charge in [-0.2, -0.15) is 4.68 Å². The molecule has 2 aromatic carbocycles. The number of carbonyl (C=O) groups excluding carboxylic acids is 1. The largest absolute Gasteiger partial charge is 0.496 e. The van der Waals surface area contributed by atoms with Crippen LogP contribution in [0.3, 0.4) is 0 Å². The summed E-state index contributed by atoms with van der Waals surface area (Å²) in [6.07, 6.45) is 1.42. The van der Waals surface area contributed by atoms with Crippen molar-refractivity contribution in [1.29, 1.82) is 0 Å². The Balaban J connectivity index is 1.78. The summed E-state index contributed by atoms with van der Waals surface area (Å²) in [5.74, 6) is 0.119. The normalized spacial score (nSPS) is 11.0. The first-order valence-electron chi connectivity index (χ1n) is 9.75. The average molecular weight is 429 g/mol. The second-order valence-corrected chi connectivity index (χ2v) is 7.08. The number of nitrogens with zero attached hydrogens (tertiary/aromatic N) is 5. The fraction of sp³-hybridized carbons (Fsp3) is 0.333.